The molecule has 1 unspecified atom stereocenters. The summed E-state index contributed by atoms with van der Waals surface area (Å²) in [5.41, 5.74) is 2.62. The van der Waals surface area contributed by atoms with Gasteiger partial charge in [0, 0.05) is 19.3 Å². The maximum absolute atomic E-state index is 13.1. The number of carbonyl (C=O) groups is 1. The number of amides is 1. The summed E-state index contributed by atoms with van der Waals surface area (Å²) in [4.78, 5) is 12.5. The second-order valence-electron chi connectivity index (χ2n) is 5.41. The lowest BCUT2D eigenvalue weighted by atomic mass is 10.0. The minimum Gasteiger partial charge on any atom is -0.385 e. The molecule has 4 heteroatoms. The molecule has 0 aliphatic rings. The van der Waals surface area contributed by atoms with Crippen LogP contribution in [0.5, 0.6) is 0 Å². The zero-order valence-corrected chi connectivity index (χ0v) is 13.5. The van der Waals surface area contributed by atoms with Gasteiger partial charge in [0.2, 0.25) is 0 Å². The van der Waals surface area contributed by atoms with Crippen molar-refractivity contribution in [1.82, 2.24) is 5.32 Å². The van der Waals surface area contributed by atoms with Gasteiger partial charge in [0.1, 0.15) is 5.82 Å². The molecule has 122 valence electrons. The summed E-state index contributed by atoms with van der Waals surface area (Å²) in [5.74, 6) is -0.424. The van der Waals surface area contributed by atoms with E-state index in [1.165, 1.54) is 12.1 Å². The van der Waals surface area contributed by atoms with Crippen LogP contribution in [0.15, 0.2) is 48.5 Å². The van der Waals surface area contributed by atoms with Crippen molar-refractivity contribution < 1.29 is 13.9 Å². The number of methoxy groups -OCH3 is 1. The number of carbonyl (C=O) groups excluding carboxylic acids is 1. The summed E-state index contributed by atoms with van der Waals surface area (Å²) < 4.78 is 18.2. The van der Waals surface area contributed by atoms with Gasteiger partial charge in [0.05, 0.1) is 6.04 Å². The van der Waals surface area contributed by atoms with Gasteiger partial charge in [-0.1, -0.05) is 31.2 Å². The number of hydrogen-bond acceptors (Lipinski definition) is 2. The van der Waals surface area contributed by atoms with E-state index in [0.29, 0.717) is 18.6 Å². The molecule has 1 atom stereocenters. The van der Waals surface area contributed by atoms with E-state index in [-0.39, 0.29) is 17.8 Å². The van der Waals surface area contributed by atoms with Gasteiger partial charge >= 0.3 is 0 Å². The van der Waals surface area contributed by atoms with Crippen LogP contribution in [-0.4, -0.2) is 19.6 Å². The van der Waals surface area contributed by atoms with Crippen molar-refractivity contribution in [3.8, 4) is 0 Å². The first-order valence-corrected chi connectivity index (χ1v) is 7.78. The Labute approximate surface area is 136 Å². The highest BCUT2D eigenvalue weighted by molar-refractivity contribution is 5.94. The van der Waals surface area contributed by atoms with E-state index in [4.69, 9.17) is 4.74 Å². The third-order valence-electron chi connectivity index (χ3n) is 3.79. The Hall–Kier alpha value is -2.20. The summed E-state index contributed by atoms with van der Waals surface area (Å²) in [6.07, 6.45) is 1.51. The van der Waals surface area contributed by atoms with Gasteiger partial charge in [-0.05, 0) is 48.2 Å². The van der Waals surface area contributed by atoms with Crippen molar-refractivity contribution in [1.29, 1.82) is 0 Å². The Morgan fingerprint density at radius 3 is 2.61 bits per heavy atom. The fourth-order valence-corrected chi connectivity index (χ4v) is 2.43. The van der Waals surface area contributed by atoms with E-state index in [1.54, 1.807) is 25.3 Å². The fraction of sp³-hybridized carbons (Fsp3) is 0.316. The highest BCUT2D eigenvalue weighted by atomic mass is 19.1. The van der Waals surface area contributed by atoms with Crippen molar-refractivity contribution >= 4 is 5.91 Å². The molecule has 0 saturated heterocycles. The van der Waals surface area contributed by atoms with Crippen LogP contribution in [0.1, 0.15) is 40.9 Å². The van der Waals surface area contributed by atoms with Gasteiger partial charge in [-0.3, -0.25) is 4.79 Å². The van der Waals surface area contributed by atoms with Gasteiger partial charge in [-0.2, -0.15) is 0 Å². The number of ether oxygens (including phenoxy) is 1. The molecule has 23 heavy (non-hydrogen) atoms. The first-order chi connectivity index (χ1) is 11.1. The standard InChI is InChI=1S/C19H22FNO2/c1-3-14-5-4-6-16(13-14)19(22)21-18(11-12-23-2)15-7-9-17(20)10-8-15/h4-10,13,18H,3,11-12H2,1-2H3,(H,21,22). The Morgan fingerprint density at radius 1 is 1.22 bits per heavy atom. The lowest BCUT2D eigenvalue weighted by Gasteiger charge is -2.19. The second kappa shape index (κ2) is 8.44. The Bertz CT molecular complexity index is 640. The number of nitrogens with one attached hydrogen (secondary N) is 1. The average Bonchev–Trinajstić information content (AvgIpc) is 2.59. The zero-order valence-electron chi connectivity index (χ0n) is 13.5. The number of rotatable bonds is 7. The van der Waals surface area contributed by atoms with Crippen LogP contribution in [0.2, 0.25) is 0 Å². The second-order valence-corrected chi connectivity index (χ2v) is 5.41. The van der Waals surface area contributed by atoms with Gasteiger partial charge in [0.25, 0.3) is 5.91 Å². The molecule has 0 aliphatic carbocycles. The third kappa shape index (κ3) is 4.89. The quantitative estimate of drug-likeness (QED) is 0.841. The summed E-state index contributed by atoms with van der Waals surface area (Å²) in [7, 11) is 1.62. The van der Waals surface area contributed by atoms with Crippen molar-refractivity contribution in [2.24, 2.45) is 0 Å². The van der Waals surface area contributed by atoms with E-state index in [2.05, 4.69) is 12.2 Å². The van der Waals surface area contributed by atoms with E-state index in [9.17, 15) is 9.18 Å². The SMILES string of the molecule is CCc1cccc(C(=O)NC(CCOC)c2ccc(F)cc2)c1. The summed E-state index contributed by atoms with van der Waals surface area (Å²) >= 11 is 0. The maximum atomic E-state index is 13.1. The minimum absolute atomic E-state index is 0.134. The van der Waals surface area contributed by atoms with Crippen LogP contribution in [0.3, 0.4) is 0 Å². The molecule has 0 fully saturated rings. The molecular weight excluding hydrogens is 293 g/mol. The van der Waals surface area contributed by atoms with Gasteiger partial charge in [0.15, 0.2) is 0 Å². The van der Waals surface area contributed by atoms with Crippen LogP contribution in [-0.2, 0) is 11.2 Å². The molecule has 2 rings (SSSR count). The van der Waals surface area contributed by atoms with Crippen molar-refractivity contribution in [2.75, 3.05) is 13.7 Å². The molecule has 0 radical (unpaired) electrons. The van der Waals surface area contributed by atoms with E-state index in [1.807, 2.05) is 18.2 Å². The Morgan fingerprint density at radius 2 is 1.96 bits per heavy atom. The minimum atomic E-state index is -0.291. The topological polar surface area (TPSA) is 38.3 Å². The largest absolute Gasteiger partial charge is 0.385 e. The molecule has 1 N–H and O–H groups in total. The third-order valence-corrected chi connectivity index (χ3v) is 3.79. The average molecular weight is 315 g/mol. The van der Waals surface area contributed by atoms with Gasteiger partial charge in [-0.15, -0.1) is 0 Å². The molecule has 3 nitrogen and oxygen atoms in total. The van der Waals surface area contributed by atoms with Crippen LogP contribution in [0, 0.1) is 5.82 Å². The number of halogens is 1. The molecule has 0 aromatic heterocycles. The summed E-state index contributed by atoms with van der Waals surface area (Å²) in [5, 5.41) is 3.01. The number of hydrogen-bond donors (Lipinski definition) is 1. The van der Waals surface area contributed by atoms with Crippen molar-refractivity contribution in [3.05, 3.63) is 71.0 Å². The number of benzene rings is 2. The summed E-state index contributed by atoms with van der Waals surface area (Å²) in [6.45, 7) is 2.56. The fourth-order valence-electron chi connectivity index (χ4n) is 2.43. The number of aryl methyl sites for hydroxylation is 1. The monoisotopic (exact) mass is 315 g/mol. The lowest BCUT2D eigenvalue weighted by Crippen LogP contribution is -2.29. The molecule has 0 heterocycles. The Balaban J connectivity index is 2.15. The lowest BCUT2D eigenvalue weighted by molar-refractivity contribution is 0.0924. The predicted octanol–water partition coefficient (Wildman–Crippen LogP) is 3.90. The molecule has 2 aromatic carbocycles. The molecule has 1 amide bonds. The first-order valence-electron chi connectivity index (χ1n) is 7.78. The Kier molecular flexibility index (Phi) is 6.29. The molecular formula is C19H22FNO2. The van der Waals surface area contributed by atoms with Crippen LogP contribution < -0.4 is 5.32 Å². The van der Waals surface area contributed by atoms with Crippen LogP contribution in [0.4, 0.5) is 4.39 Å². The van der Waals surface area contributed by atoms with Crippen LogP contribution >= 0.6 is 0 Å². The van der Waals surface area contributed by atoms with Gasteiger partial charge in [-0.25, -0.2) is 4.39 Å². The highest BCUT2D eigenvalue weighted by Crippen LogP contribution is 2.18. The normalized spacial score (nSPS) is 12.0. The maximum Gasteiger partial charge on any atom is 0.251 e. The summed E-state index contributed by atoms with van der Waals surface area (Å²) in [6, 6.07) is 13.6. The predicted molar refractivity (Wildman–Crippen MR) is 88.9 cm³/mol. The molecule has 0 aliphatic heterocycles. The smallest absolute Gasteiger partial charge is 0.251 e. The zero-order chi connectivity index (χ0) is 16.7. The van der Waals surface area contributed by atoms with E-state index in [0.717, 1.165) is 17.5 Å². The molecule has 0 saturated carbocycles. The molecule has 0 bridgehead atoms. The molecule has 2 aromatic rings. The van der Waals surface area contributed by atoms with E-state index < -0.39 is 0 Å². The highest BCUT2D eigenvalue weighted by Gasteiger charge is 2.16. The van der Waals surface area contributed by atoms with Crippen LogP contribution in [0.25, 0.3) is 0 Å². The van der Waals surface area contributed by atoms with Crippen molar-refractivity contribution in [3.63, 3.8) is 0 Å². The van der Waals surface area contributed by atoms with E-state index >= 15 is 0 Å². The molecule has 0 spiro atoms. The van der Waals surface area contributed by atoms with Crippen molar-refractivity contribution in [2.45, 2.75) is 25.8 Å². The first kappa shape index (κ1) is 17.2. The van der Waals surface area contributed by atoms with Gasteiger partial charge < -0.3 is 10.1 Å².